The van der Waals surface area contributed by atoms with E-state index in [0.717, 1.165) is 0 Å². The van der Waals surface area contributed by atoms with Crippen LogP contribution in [0.25, 0.3) is 0 Å². The Balaban J connectivity index is 1.41. The lowest BCUT2D eigenvalue weighted by Crippen LogP contribution is -2.60. The molecule has 2 aliphatic heterocycles. The van der Waals surface area contributed by atoms with Crippen molar-refractivity contribution < 1.29 is 23.8 Å². The van der Waals surface area contributed by atoms with E-state index in [9.17, 15) is 9.59 Å². The molecule has 0 saturated carbocycles. The fourth-order valence-electron chi connectivity index (χ4n) is 3.47. The lowest BCUT2D eigenvalue weighted by Gasteiger charge is -2.42. The van der Waals surface area contributed by atoms with Crippen LogP contribution in [0.1, 0.15) is 16.2 Å². The van der Waals surface area contributed by atoms with Crippen LogP contribution in [-0.4, -0.2) is 78.4 Å². The molecule has 1 aromatic heterocycles. The molecule has 2 saturated heterocycles. The second-order valence-electron chi connectivity index (χ2n) is 6.94. The molecule has 4 rings (SSSR count). The molecule has 0 aliphatic carbocycles. The first-order valence-electron chi connectivity index (χ1n) is 9.58. The number of benzene rings is 1. The Morgan fingerprint density at radius 2 is 1.90 bits per heavy atom. The van der Waals surface area contributed by atoms with Gasteiger partial charge in [-0.3, -0.25) is 9.59 Å². The number of morpholine rings is 1. The van der Waals surface area contributed by atoms with Gasteiger partial charge in [-0.2, -0.15) is 0 Å². The van der Waals surface area contributed by atoms with Gasteiger partial charge in [-0.05, 0) is 18.6 Å². The van der Waals surface area contributed by atoms with Crippen LogP contribution in [-0.2, 0) is 14.3 Å². The molecule has 2 amide bonds. The highest BCUT2D eigenvalue weighted by Crippen LogP contribution is 2.26. The normalized spacial score (nSPS) is 22.3. The first-order valence-corrected chi connectivity index (χ1v) is 10.5. The molecule has 2 aromatic rings. The molecule has 1 unspecified atom stereocenters. The van der Waals surface area contributed by atoms with Gasteiger partial charge in [0.15, 0.2) is 11.6 Å². The number of para-hydroxylation sites is 1. The van der Waals surface area contributed by atoms with Gasteiger partial charge in [0, 0.05) is 24.7 Å². The average Bonchev–Trinajstić information content (AvgIpc) is 3.22. The van der Waals surface area contributed by atoms with E-state index in [2.05, 4.69) is 4.98 Å². The van der Waals surface area contributed by atoms with Crippen LogP contribution < -0.4 is 4.74 Å². The van der Waals surface area contributed by atoms with Crippen molar-refractivity contribution in [3.8, 4) is 5.75 Å². The van der Waals surface area contributed by atoms with Gasteiger partial charge in [0.1, 0.15) is 5.75 Å². The summed E-state index contributed by atoms with van der Waals surface area (Å²) in [4.78, 5) is 33.0. The van der Waals surface area contributed by atoms with Gasteiger partial charge in [0.05, 0.1) is 26.3 Å². The Morgan fingerprint density at radius 3 is 2.69 bits per heavy atom. The van der Waals surface area contributed by atoms with Crippen LogP contribution in [0.4, 0.5) is 0 Å². The highest BCUT2D eigenvalue weighted by Gasteiger charge is 2.43. The lowest BCUT2D eigenvalue weighted by molar-refractivity contribution is -0.260. The number of aromatic nitrogens is 1. The number of hydrogen-bond donors (Lipinski definition) is 0. The van der Waals surface area contributed by atoms with Crippen molar-refractivity contribution in [1.29, 1.82) is 0 Å². The van der Waals surface area contributed by atoms with E-state index in [1.807, 2.05) is 30.3 Å². The number of amides is 2. The van der Waals surface area contributed by atoms with Gasteiger partial charge in [0.25, 0.3) is 11.8 Å². The first kappa shape index (κ1) is 19.8. The van der Waals surface area contributed by atoms with Crippen LogP contribution in [0.15, 0.2) is 41.9 Å². The smallest absolute Gasteiger partial charge is 0.283 e. The predicted molar refractivity (Wildman–Crippen MR) is 106 cm³/mol. The topological polar surface area (TPSA) is 81.2 Å². The van der Waals surface area contributed by atoms with E-state index >= 15 is 0 Å². The maximum absolute atomic E-state index is 12.8. The second-order valence-corrected chi connectivity index (χ2v) is 7.84. The van der Waals surface area contributed by atoms with Gasteiger partial charge in [-0.15, -0.1) is 11.3 Å². The van der Waals surface area contributed by atoms with Crippen LogP contribution in [0.3, 0.4) is 0 Å². The van der Waals surface area contributed by atoms with Crippen molar-refractivity contribution in [3.05, 3.63) is 46.9 Å². The molecule has 2 fully saturated rings. The molecule has 1 spiro atoms. The van der Waals surface area contributed by atoms with Crippen molar-refractivity contribution in [1.82, 2.24) is 14.8 Å². The van der Waals surface area contributed by atoms with E-state index in [1.54, 1.807) is 21.4 Å². The number of rotatable bonds is 4. The minimum absolute atomic E-state index is 0.0537. The Hall–Kier alpha value is -2.49. The number of thiazole rings is 1. The number of nitrogens with zero attached hydrogens (tertiary/aromatic N) is 3. The molecule has 1 aromatic carbocycles. The maximum Gasteiger partial charge on any atom is 0.283 e. The average molecular weight is 417 g/mol. The van der Waals surface area contributed by atoms with Gasteiger partial charge in [0.2, 0.25) is 5.79 Å². The number of carbonyl (C=O) groups excluding carboxylic acids is 2. The molecule has 29 heavy (non-hydrogen) atoms. The van der Waals surface area contributed by atoms with Gasteiger partial charge < -0.3 is 24.0 Å². The van der Waals surface area contributed by atoms with Gasteiger partial charge in [-0.1, -0.05) is 18.2 Å². The quantitative estimate of drug-likeness (QED) is 0.752. The van der Waals surface area contributed by atoms with Crippen molar-refractivity contribution in [2.45, 2.75) is 12.2 Å². The van der Waals surface area contributed by atoms with Gasteiger partial charge in [-0.25, -0.2) is 4.98 Å². The highest BCUT2D eigenvalue weighted by atomic mass is 32.1. The predicted octanol–water partition coefficient (Wildman–Crippen LogP) is 1.64. The Bertz CT molecular complexity index is 832. The van der Waals surface area contributed by atoms with Crippen LogP contribution in [0, 0.1) is 0 Å². The summed E-state index contributed by atoms with van der Waals surface area (Å²) in [6.07, 6.45) is 2.31. The standard InChI is InChI=1S/C20H23N3O5S/c24-17(13-26-16-5-2-1-3-6-16)22-8-4-10-27-20(14-22)15-23(9-11-28-20)19(25)18-21-7-12-29-18/h1-3,5-7,12H,4,8-11,13-15H2. The summed E-state index contributed by atoms with van der Waals surface area (Å²) < 4.78 is 17.6. The summed E-state index contributed by atoms with van der Waals surface area (Å²) >= 11 is 1.31. The summed E-state index contributed by atoms with van der Waals surface area (Å²) in [6.45, 7) is 2.29. The SMILES string of the molecule is O=C(COc1ccccc1)N1CCCOC2(C1)CN(C(=O)c1nccs1)CCO2. The highest BCUT2D eigenvalue weighted by molar-refractivity contribution is 7.11. The fraction of sp³-hybridized carbons (Fsp3) is 0.450. The molecule has 0 bridgehead atoms. The molecule has 1 atom stereocenters. The minimum atomic E-state index is -1.02. The number of ether oxygens (including phenoxy) is 3. The first-order chi connectivity index (χ1) is 14.2. The second kappa shape index (κ2) is 8.89. The third kappa shape index (κ3) is 4.75. The van der Waals surface area contributed by atoms with E-state index in [1.165, 1.54) is 11.3 Å². The van der Waals surface area contributed by atoms with Crippen LogP contribution >= 0.6 is 11.3 Å². The lowest BCUT2D eigenvalue weighted by atomic mass is 10.2. The molecule has 0 N–H and O–H groups in total. The summed E-state index contributed by atoms with van der Waals surface area (Å²) in [5, 5.41) is 2.22. The zero-order valence-electron chi connectivity index (χ0n) is 16.0. The summed E-state index contributed by atoms with van der Waals surface area (Å²) in [7, 11) is 0. The summed E-state index contributed by atoms with van der Waals surface area (Å²) in [5.74, 6) is -0.647. The summed E-state index contributed by atoms with van der Waals surface area (Å²) in [5.41, 5.74) is 0. The van der Waals surface area contributed by atoms with Crippen LogP contribution in [0.5, 0.6) is 5.75 Å². The Labute approximate surface area is 173 Å². The molecular formula is C20H23N3O5S. The van der Waals surface area contributed by atoms with Crippen molar-refractivity contribution in [2.24, 2.45) is 0 Å². The van der Waals surface area contributed by atoms with Crippen molar-refractivity contribution in [3.63, 3.8) is 0 Å². The molecule has 9 heteroatoms. The Kier molecular flexibility index (Phi) is 6.08. The molecule has 0 radical (unpaired) electrons. The Morgan fingerprint density at radius 1 is 1.10 bits per heavy atom. The molecule has 2 aliphatic rings. The van der Waals surface area contributed by atoms with Crippen molar-refractivity contribution in [2.75, 3.05) is 46.0 Å². The number of hydrogen-bond acceptors (Lipinski definition) is 7. The molecular weight excluding hydrogens is 394 g/mol. The fourth-order valence-corrected chi connectivity index (χ4v) is 4.08. The largest absolute Gasteiger partial charge is 0.484 e. The minimum Gasteiger partial charge on any atom is -0.484 e. The molecule has 3 heterocycles. The third-order valence-electron chi connectivity index (χ3n) is 4.89. The third-order valence-corrected chi connectivity index (χ3v) is 5.65. The molecule has 8 nitrogen and oxygen atoms in total. The van der Waals surface area contributed by atoms with E-state index < -0.39 is 5.79 Å². The van der Waals surface area contributed by atoms with Crippen LogP contribution in [0.2, 0.25) is 0 Å². The molecule has 154 valence electrons. The maximum atomic E-state index is 12.8. The van der Waals surface area contributed by atoms with Crippen molar-refractivity contribution >= 4 is 23.2 Å². The van der Waals surface area contributed by atoms with E-state index in [-0.39, 0.29) is 31.5 Å². The number of carbonyl (C=O) groups is 2. The van der Waals surface area contributed by atoms with E-state index in [0.29, 0.717) is 43.5 Å². The monoisotopic (exact) mass is 417 g/mol. The summed E-state index contributed by atoms with van der Waals surface area (Å²) in [6, 6.07) is 9.24. The zero-order chi connectivity index (χ0) is 20.1. The van der Waals surface area contributed by atoms with Gasteiger partial charge >= 0.3 is 0 Å². The van der Waals surface area contributed by atoms with E-state index in [4.69, 9.17) is 14.2 Å². The zero-order valence-corrected chi connectivity index (χ0v) is 16.8.